The van der Waals surface area contributed by atoms with Gasteiger partial charge < -0.3 is 29.0 Å². The number of amides is 2. The lowest BCUT2D eigenvalue weighted by Gasteiger charge is -2.42. The van der Waals surface area contributed by atoms with E-state index in [2.05, 4.69) is 10.3 Å². The van der Waals surface area contributed by atoms with Gasteiger partial charge in [0.05, 0.1) is 31.9 Å². The van der Waals surface area contributed by atoms with Crippen molar-refractivity contribution >= 4 is 23.8 Å². The summed E-state index contributed by atoms with van der Waals surface area (Å²) >= 11 is 0. The fourth-order valence-corrected chi connectivity index (χ4v) is 4.68. The molecule has 11 heteroatoms. The molecule has 1 aliphatic heterocycles. The molecule has 3 heterocycles. The van der Waals surface area contributed by atoms with Crippen LogP contribution in [0.3, 0.4) is 0 Å². The van der Waals surface area contributed by atoms with Gasteiger partial charge in [0.1, 0.15) is 28.6 Å². The Morgan fingerprint density at radius 1 is 1.17 bits per heavy atom. The van der Waals surface area contributed by atoms with Crippen LogP contribution in [-0.2, 0) is 26.2 Å². The zero-order valence-corrected chi connectivity index (χ0v) is 25.8. The molecule has 1 fully saturated rings. The van der Waals surface area contributed by atoms with E-state index in [0.29, 0.717) is 42.5 Å². The van der Waals surface area contributed by atoms with Gasteiger partial charge in [-0.15, -0.1) is 0 Å². The van der Waals surface area contributed by atoms with Crippen molar-refractivity contribution in [1.82, 2.24) is 19.8 Å². The standard InChI is InChI=1S/C30H45N5O6/c1-19(2)16-35(21-13-20(26(37)39-9)17-34(18-21)28(38)41-30(6,7)8)25(36)23-15-32-27(29(3,4)5)33-24(23)31-14-22-11-10-12-40-22/h10-12,15,19-21H,13-14,16-18H2,1-9H3,(H,31,32,33)/t20-,21?/m1/s1. The topological polar surface area (TPSA) is 127 Å². The summed E-state index contributed by atoms with van der Waals surface area (Å²) in [6, 6.07) is 3.17. The molecule has 2 atom stereocenters. The molecule has 1 unspecified atom stereocenters. The maximum Gasteiger partial charge on any atom is 0.410 e. The summed E-state index contributed by atoms with van der Waals surface area (Å²) in [6.07, 6.45) is 2.96. The molecule has 41 heavy (non-hydrogen) atoms. The number of ether oxygens (including phenoxy) is 2. The van der Waals surface area contributed by atoms with Crippen molar-refractivity contribution in [3.8, 4) is 0 Å². The van der Waals surface area contributed by atoms with E-state index in [9.17, 15) is 14.4 Å². The highest BCUT2D eigenvalue weighted by molar-refractivity contribution is 5.98. The predicted molar refractivity (Wildman–Crippen MR) is 154 cm³/mol. The molecule has 3 rings (SSSR count). The Kier molecular flexibility index (Phi) is 10.0. The fourth-order valence-electron chi connectivity index (χ4n) is 4.68. The molecular formula is C30H45N5O6. The molecule has 0 saturated carbocycles. The first-order valence-electron chi connectivity index (χ1n) is 14.1. The van der Waals surface area contributed by atoms with Crippen molar-refractivity contribution in [2.45, 2.75) is 85.4 Å². The number of carbonyl (C=O) groups is 3. The molecule has 226 valence electrons. The molecule has 2 amide bonds. The second-order valence-corrected chi connectivity index (χ2v) is 13.0. The SMILES string of the molecule is COC(=O)[C@@H]1CC(N(CC(C)C)C(=O)c2cnc(C(C)(C)C)nc2NCc2ccco2)CN(C(=O)OC(C)(C)C)C1. The molecule has 1 N–H and O–H groups in total. The number of esters is 1. The van der Waals surface area contributed by atoms with Crippen molar-refractivity contribution < 1.29 is 28.3 Å². The van der Waals surface area contributed by atoms with Gasteiger partial charge in [0.15, 0.2) is 0 Å². The predicted octanol–water partition coefficient (Wildman–Crippen LogP) is 4.88. The van der Waals surface area contributed by atoms with Crippen LogP contribution < -0.4 is 5.32 Å². The molecule has 11 nitrogen and oxygen atoms in total. The fraction of sp³-hybridized carbons (Fsp3) is 0.633. The van der Waals surface area contributed by atoms with E-state index in [4.69, 9.17) is 18.9 Å². The van der Waals surface area contributed by atoms with E-state index < -0.39 is 29.6 Å². The lowest BCUT2D eigenvalue weighted by atomic mass is 9.92. The highest BCUT2D eigenvalue weighted by Gasteiger charge is 2.40. The van der Waals surface area contributed by atoms with Crippen LogP contribution in [0.15, 0.2) is 29.0 Å². The third-order valence-corrected chi connectivity index (χ3v) is 6.58. The van der Waals surface area contributed by atoms with E-state index in [0.717, 1.165) is 0 Å². The summed E-state index contributed by atoms with van der Waals surface area (Å²) in [4.78, 5) is 52.6. The zero-order chi connectivity index (χ0) is 30.5. The van der Waals surface area contributed by atoms with E-state index in [1.807, 2.05) is 40.7 Å². The number of rotatable bonds is 8. The number of aromatic nitrogens is 2. The summed E-state index contributed by atoms with van der Waals surface area (Å²) in [7, 11) is 1.33. The van der Waals surface area contributed by atoms with E-state index in [1.165, 1.54) is 12.0 Å². The smallest absolute Gasteiger partial charge is 0.410 e. The van der Waals surface area contributed by atoms with E-state index >= 15 is 0 Å². The molecule has 1 aliphatic rings. The van der Waals surface area contributed by atoms with Crippen LogP contribution in [0.4, 0.5) is 10.6 Å². The molecule has 0 aliphatic carbocycles. The Hall–Kier alpha value is -3.63. The minimum Gasteiger partial charge on any atom is -0.469 e. The van der Waals surface area contributed by atoms with Gasteiger partial charge in [-0.2, -0.15) is 0 Å². The van der Waals surface area contributed by atoms with Crippen molar-refractivity contribution in [2.75, 3.05) is 32.1 Å². The number of hydrogen-bond donors (Lipinski definition) is 1. The molecule has 0 bridgehead atoms. The Bertz CT molecular complexity index is 1200. The average molecular weight is 572 g/mol. The number of likely N-dealkylation sites (tertiary alicyclic amines) is 1. The molecule has 1 saturated heterocycles. The van der Waals surface area contributed by atoms with Gasteiger partial charge in [-0.3, -0.25) is 9.59 Å². The van der Waals surface area contributed by atoms with Gasteiger partial charge in [0, 0.05) is 31.2 Å². The maximum absolute atomic E-state index is 14.3. The molecule has 0 aromatic carbocycles. The largest absolute Gasteiger partial charge is 0.469 e. The van der Waals surface area contributed by atoms with Crippen LogP contribution in [0.25, 0.3) is 0 Å². The van der Waals surface area contributed by atoms with Gasteiger partial charge in [0.2, 0.25) is 0 Å². The summed E-state index contributed by atoms with van der Waals surface area (Å²) in [5.41, 5.74) is -0.751. The van der Waals surface area contributed by atoms with Crippen LogP contribution in [0.1, 0.15) is 83.8 Å². The van der Waals surface area contributed by atoms with Gasteiger partial charge in [-0.05, 0) is 45.2 Å². The summed E-state index contributed by atoms with van der Waals surface area (Å²) < 4.78 is 16.1. The quantitative estimate of drug-likeness (QED) is 0.441. The zero-order valence-electron chi connectivity index (χ0n) is 25.8. The Balaban J connectivity index is 2.00. The summed E-state index contributed by atoms with van der Waals surface area (Å²) in [6.45, 7) is 16.5. The second-order valence-electron chi connectivity index (χ2n) is 13.0. The second kappa shape index (κ2) is 12.9. The maximum atomic E-state index is 14.3. The monoisotopic (exact) mass is 571 g/mol. The van der Waals surface area contributed by atoms with Crippen molar-refractivity contribution in [2.24, 2.45) is 11.8 Å². The lowest BCUT2D eigenvalue weighted by molar-refractivity contribution is -0.148. The van der Waals surface area contributed by atoms with Crippen LogP contribution in [0, 0.1) is 11.8 Å². The average Bonchev–Trinajstić information content (AvgIpc) is 3.41. The number of hydrogen-bond acceptors (Lipinski definition) is 9. The number of methoxy groups -OCH3 is 1. The van der Waals surface area contributed by atoms with Gasteiger partial charge >= 0.3 is 12.1 Å². The third-order valence-electron chi connectivity index (χ3n) is 6.58. The number of nitrogens with one attached hydrogen (secondary N) is 1. The number of nitrogens with zero attached hydrogens (tertiary/aromatic N) is 4. The Labute approximate surface area is 243 Å². The van der Waals surface area contributed by atoms with Gasteiger partial charge in [-0.1, -0.05) is 34.6 Å². The lowest BCUT2D eigenvalue weighted by Crippen LogP contribution is -2.57. The highest BCUT2D eigenvalue weighted by atomic mass is 16.6. The van der Waals surface area contributed by atoms with Crippen molar-refractivity contribution in [3.63, 3.8) is 0 Å². The van der Waals surface area contributed by atoms with Crippen LogP contribution >= 0.6 is 0 Å². The molecule has 2 aromatic rings. The first kappa shape index (κ1) is 31.9. The molecule has 0 spiro atoms. The minimum absolute atomic E-state index is 0.113. The van der Waals surface area contributed by atoms with Gasteiger partial charge in [-0.25, -0.2) is 14.8 Å². The van der Waals surface area contributed by atoms with E-state index in [-0.39, 0.29) is 30.3 Å². The third kappa shape index (κ3) is 8.68. The van der Waals surface area contributed by atoms with Crippen LogP contribution in [0.5, 0.6) is 0 Å². The molecule has 0 radical (unpaired) electrons. The van der Waals surface area contributed by atoms with Crippen LogP contribution in [-0.4, -0.2) is 76.1 Å². The van der Waals surface area contributed by atoms with E-state index in [1.54, 1.807) is 44.2 Å². The number of carbonyl (C=O) groups excluding carboxylic acids is 3. The number of piperidine rings is 1. The number of anilines is 1. The Morgan fingerprint density at radius 3 is 2.44 bits per heavy atom. The molecular weight excluding hydrogens is 526 g/mol. The summed E-state index contributed by atoms with van der Waals surface area (Å²) in [5.74, 6) is 0.459. The van der Waals surface area contributed by atoms with Crippen LogP contribution in [0.2, 0.25) is 0 Å². The normalized spacial score (nSPS) is 17.8. The first-order chi connectivity index (χ1) is 19.1. The Morgan fingerprint density at radius 2 is 1.88 bits per heavy atom. The highest BCUT2D eigenvalue weighted by Crippen LogP contribution is 2.28. The molecule has 2 aromatic heterocycles. The van der Waals surface area contributed by atoms with Gasteiger partial charge in [0.25, 0.3) is 5.91 Å². The van der Waals surface area contributed by atoms with Crippen molar-refractivity contribution in [1.29, 1.82) is 0 Å². The minimum atomic E-state index is -0.709. The number of furan rings is 1. The van der Waals surface area contributed by atoms with Crippen molar-refractivity contribution in [3.05, 3.63) is 41.7 Å². The first-order valence-corrected chi connectivity index (χ1v) is 14.1. The summed E-state index contributed by atoms with van der Waals surface area (Å²) in [5, 5.41) is 3.26.